The normalized spacial score (nSPS) is 14.9. The number of amides is 1. The highest BCUT2D eigenvalue weighted by atomic mass is 16.5. The van der Waals surface area contributed by atoms with Crippen molar-refractivity contribution in [2.75, 3.05) is 25.4 Å². The Bertz CT molecular complexity index is 508. The average Bonchev–Trinajstić information content (AvgIpc) is 2.48. The molecule has 0 aliphatic carbocycles. The zero-order valence-electron chi connectivity index (χ0n) is 11.7. The molecule has 1 fully saturated rings. The van der Waals surface area contributed by atoms with Crippen molar-refractivity contribution in [1.82, 2.24) is 4.90 Å². The molecular formula is C15H20N2O3. The highest BCUT2D eigenvalue weighted by Gasteiger charge is 2.18. The van der Waals surface area contributed by atoms with Crippen molar-refractivity contribution >= 4 is 17.6 Å². The lowest BCUT2D eigenvalue weighted by molar-refractivity contribution is -0.135. The van der Waals surface area contributed by atoms with Gasteiger partial charge in [-0.15, -0.1) is 0 Å². The highest BCUT2D eigenvalue weighted by Crippen LogP contribution is 2.14. The minimum atomic E-state index is -0.488. The molecule has 1 aliphatic rings. The maximum atomic E-state index is 11.9. The number of hydrogen-bond donors (Lipinski definition) is 1. The number of rotatable bonds is 3. The number of carbonyl (C=O) groups is 2. The summed E-state index contributed by atoms with van der Waals surface area (Å²) in [6, 6.07) is 4.94. The van der Waals surface area contributed by atoms with Gasteiger partial charge in [0, 0.05) is 18.8 Å². The van der Waals surface area contributed by atoms with Crippen LogP contribution in [0.1, 0.15) is 35.2 Å². The Kier molecular flexibility index (Phi) is 4.61. The zero-order valence-corrected chi connectivity index (χ0v) is 11.7. The number of nitrogen functional groups attached to an aromatic ring is 1. The Balaban J connectivity index is 1.88. The summed E-state index contributed by atoms with van der Waals surface area (Å²) in [6.07, 6.45) is 3.21. The molecule has 0 spiro atoms. The van der Waals surface area contributed by atoms with Gasteiger partial charge in [-0.05, 0) is 49.9 Å². The van der Waals surface area contributed by atoms with Crippen molar-refractivity contribution in [3.05, 3.63) is 29.3 Å². The number of ether oxygens (including phenoxy) is 1. The molecule has 0 unspecified atom stereocenters. The first-order valence-corrected chi connectivity index (χ1v) is 6.89. The maximum Gasteiger partial charge on any atom is 0.338 e. The van der Waals surface area contributed by atoms with Gasteiger partial charge in [-0.1, -0.05) is 0 Å². The van der Waals surface area contributed by atoms with Gasteiger partial charge in [0.25, 0.3) is 5.91 Å². The van der Waals surface area contributed by atoms with Crippen LogP contribution in [0, 0.1) is 6.92 Å². The molecule has 2 rings (SSSR count). The van der Waals surface area contributed by atoms with Crippen LogP contribution in [0.5, 0.6) is 0 Å². The molecule has 1 amide bonds. The monoisotopic (exact) mass is 276 g/mol. The van der Waals surface area contributed by atoms with Crippen LogP contribution in [-0.4, -0.2) is 36.5 Å². The Morgan fingerprint density at radius 2 is 1.95 bits per heavy atom. The molecule has 0 atom stereocenters. The topological polar surface area (TPSA) is 72.6 Å². The molecule has 108 valence electrons. The summed E-state index contributed by atoms with van der Waals surface area (Å²) in [7, 11) is 0. The van der Waals surface area contributed by atoms with E-state index in [-0.39, 0.29) is 12.5 Å². The van der Waals surface area contributed by atoms with Gasteiger partial charge in [0.05, 0.1) is 5.56 Å². The lowest BCUT2D eigenvalue weighted by Gasteiger charge is -2.26. The Morgan fingerprint density at radius 3 is 2.60 bits per heavy atom. The number of likely N-dealkylation sites (tertiary alicyclic amines) is 1. The molecule has 0 saturated carbocycles. The van der Waals surface area contributed by atoms with Crippen molar-refractivity contribution in [2.24, 2.45) is 0 Å². The lowest BCUT2D eigenvalue weighted by Crippen LogP contribution is -2.38. The number of nitrogens with zero attached hydrogens (tertiary/aromatic N) is 1. The molecule has 2 N–H and O–H groups in total. The summed E-state index contributed by atoms with van der Waals surface area (Å²) in [5.74, 6) is -0.608. The molecule has 0 aromatic heterocycles. The molecule has 1 heterocycles. The number of esters is 1. The van der Waals surface area contributed by atoms with Crippen LogP contribution < -0.4 is 5.73 Å². The van der Waals surface area contributed by atoms with Crippen molar-refractivity contribution in [1.29, 1.82) is 0 Å². The fraction of sp³-hybridized carbons (Fsp3) is 0.467. The summed E-state index contributed by atoms with van der Waals surface area (Å²) in [5.41, 5.74) is 7.57. The van der Waals surface area contributed by atoms with Crippen LogP contribution in [0.15, 0.2) is 18.2 Å². The number of benzene rings is 1. The van der Waals surface area contributed by atoms with E-state index in [1.54, 1.807) is 23.1 Å². The van der Waals surface area contributed by atoms with Crippen LogP contribution in [0.4, 0.5) is 5.69 Å². The smallest absolute Gasteiger partial charge is 0.338 e. The van der Waals surface area contributed by atoms with Gasteiger partial charge in [0.2, 0.25) is 0 Å². The van der Waals surface area contributed by atoms with Crippen molar-refractivity contribution in [3.8, 4) is 0 Å². The number of hydrogen-bond acceptors (Lipinski definition) is 4. The van der Waals surface area contributed by atoms with Crippen LogP contribution in [0.3, 0.4) is 0 Å². The molecule has 1 saturated heterocycles. The SMILES string of the molecule is Cc1cc(C(=O)OCC(=O)N2CCCCC2)ccc1N. The van der Waals surface area contributed by atoms with Gasteiger partial charge in [0.1, 0.15) is 0 Å². The second-order valence-electron chi connectivity index (χ2n) is 5.09. The van der Waals surface area contributed by atoms with Gasteiger partial charge < -0.3 is 15.4 Å². The first kappa shape index (κ1) is 14.4. The molecule has 0 bridgehead atoms. The third-order valence-electron chi connectivity index (χ3n) is 3.54. The predicted octanol–water partition coefficient (Wildman–Crippen LogP) is 1.75. The van der Waals surface area contributed by atoms with Crippen molar-refractivity contribution < 1.29 is 14.3 Å². The standard InChI is InChI=1S/C15H20N2O3/c1-11-9-12(5-6-13(11)16)15(19)20-10-14(18)17-7-3-2-4-8-17/h5-6,9H,2-4,7-8,10,16H2,1H3. The van der Waals surface area contributed by atoms with Gasteiger partial charge in [0.15, 0.2) is 6.61 Å². The average molecular weight is 276 g/mol. The molecule has 20 heavy (non-hydrogen) atoms. The lowest BCUT2D eigenvalue weighted by atomic mass is 10.1. The first-order chi connectivity index (χ1) is 9.58. The summed E-state index contributed by atoms with van der Waals surface area (Å²) in [4.78, 5) is 25.5. The summed E-state index contributed by atoms with van der Waals surface area (Å²) in [5, 5.41) is 0. The summed E-state index contributed by atoms with van der Waals surface area (Å²) < 4.78 is 5.07. The molecular weight excluding hydrogens is 256 g/mol. The molecule has 1 aromatic carbocycles. The van der Waals surface area contributed by atoms with E-state index >= 15 is 0 Å². The van der Waals surface area contributed by atoms with Crippen molar-refractivity contribution in [2.45, 2.75) is 26.2 Å². The molecule has 1 aliphatic heterocycles. The molecule has 5 heteroatoms. The molecule has 5 nitrogen and oxygen atoms in total. The number of anilines is 1. The first-order valence-electron chi connectivity index (χ1n) is 6.89. The van der Waals surface area contributed by atoms with Crippen LogP contribution >= 0.6 is 0 Å². The van der Waals surface area contributed by atoms with E-state index in [4.69, 9.17) is 10.5 Å². The van der Waals surface area contributed by atoms with Crippen LogP contribution in [0.25, 0.3) is 0 Å². The summed E-state index contributed by atoms with van der Waals surface area (Å²) >= 11 is 0. The van der Waals surface area contributed by atoms with E-state index in [9.17, 15) is 9.59 Å². The van der Waals surface area contributed by atoms with E-state index in [0.717, 1.165) is 37.9 Å². The van der Waals surface area contributed by atoms with E-state index in [2.05, 4.69) is 0 Å². The largest absolute Gasteiger partial charge is 0.452 e. The highest BCUT2D eigenvalue weighted by molar-refractivity contribution is 5.92. The van der Waals surface area contributed by atoms with Crippen molar-refractivity contribution in [3.63, 3.8) is 0 Å². The third kappa shape index (κ3) is 3.50. The number of carbonyl (C=O) groups excluding carboxylic acids is 2. The summed E-state index contributed by atoms with van der Waals surface area (Å²) in [6.45, 7) is 3.15. The van der Waals surface area contributed by atoms with Crippen LogP contribution in [0.2, 0.25) is 0 Å². The predicted molar refractivity (Wildman–Crippen MR) is 76.3 cm³/mol. The van der Waals surface area contributed by atoms with Gasteiger partial charge >= 0.3 is 5.97 Å². The fourth-order valence-corrected chi connectivity index (χ4v) is 2.25. The minimum Gasteiger partial charge on any atom is -0.452 e. The van der Waals surface area contributed by atoms with Gasteiger partial charge in [-0.25, -0.2) is 4.79 Å². The second-order valence-corrected chi connectivity index (χ2v) is 5.09. The zero-order chi connectivity index (χ0) is 14.5. The number of aryl methyl sites for hydroxylation is 1. The third-order valence-corrected chi connectivity index (χ3v) is 3.54. The van der Waals surface area contributed by atoms with Gasteiger partial charge in [-0.3, -0.25) is 4.79 Å². The Labute approximate surface area is 118 Å². The molecule has 0 radical (unpaired) electrons. The van der Waals surface area contributed by atoms with Gasteiger partial charge in [-0.2, -0.15) is 0 Å². The maximum absolute atomic E-state index is 11.9. The quantitative estimate of drug-likeness (QED) is 0.674. The minimum absolute atomic E-state index is 0.120. The van der Waals surface area contributed by atoms with E-state index in [0.29, 0.717) is 11.3 Å². The fourth-order valence-electron chi connectivity index (χ4n) is 2.25. The van der Waals surface area contributed by atoms with E-state index in [1.807, 2.05) is 6.92 Å². The van der Waals surface area contributed by atoms with E-state index in [1.165, 1.54) is 0 Å². The second kappa shape index (κ2) is 6.41. The Morgan fingerprint density at radius 1 is 1.25 bits per heavy atom. The van der Waals surface area contributed by atoms with E-state index < -0.39 is 5.97 Å². The number of piperidine rings is 1. The van der Waals surface area contributed by atoms with Crippen LogP contribution in [-0.2, 0) is 9.53 Å². The molecule has 1 aromatic rings. The number of nitrogens with two attached hydrogens (primary N) is 1. The Hall–Kier alpha value is -2.04.